The highest BCUT2D eigenvalue weighted by Crippen LogP contribution is 2.31. The molecule has 1 heterocycles. The molecule has 7 nitrogen and oxygen atoms in total. The van der Waals surface area contributed by atoms with Crippen LogP contribution in [0.1, 0.15) is 44.9 Å². The van der Waals surface area contributed by atoms with Gasteiger partial charge in [0.05, 0.1) is 23.6 Å². The summed E-state index contributed by atoms with van der Waals surface area (Å²) in [7, 11) is -0.637. The van der Waals surface area contributed by atoms with E-state index in [1.807, 2.05) is 12.1 Å². The molecule has 0 amide bonds. The molecule has 0 fully saturated rings. The van der Waals surface area contributed by atoms with E-state index in [0.29, 0.717) is 22.1 Å². The fourth-order valence-electron chi connectivity index (χ4n) is 3.55. The number of thiocarbonyl (C=S) groups is 1. The minimum Gasteiger partial charge on any atom is -0.466 e. The molecule has 0 bridgehead atoms. The molecule has 2 N–H and O–H groups in total. The molecule has 0 saturated heterocycles. The molecule has 2 aromatic carbocycles. The summed E-state index contributed by atoms with van der Waals surface area (Å²) in [5, 5.41) is 3.63. The summed E-state index contributed by atoms with van der Waals surface area (Å²) >= 11 is 5.38. The van der Waals surface area contributed by atoms with Gasteiger partial charge < -0.3 is 15.0 Å². The van der Waals surface area contributed by atoms with E-state index in [9.17, 15) is 13.2 Å². The predicted molar refractivity (Wildman–Crippen MR) is 133 cm³/mol. The van der Waals surface area contributed by atoms with Gasteiger partial charge in [0.2, 0.25) is 0 Å². The van der Waals surface area contributed by atoms with Gasteiger partial charge in [-0.3, -0.25) is 4.72 Å². The number of ether oxygens (including phenoxy) is 1. The zero-order chi connectivity index (χ0) is 24.6. The minimum atomic E-state index is -3.74. The number of anilines is 1. The van der Waals surface area contributed by atoms with E-state index < -0.39 is 22.0 Å². The van der Waals surface area contributed by atoms with Crippen LogP contribution in [0.4, 0.5) is 5.69 Å². The molecule has 1 aliphatic heterocycles. The Morgan fingerprint density at radius 1 is 1.09 bits per heavy atom. The molecule has 0 radical (unpaired) electrons. The lowest BCUT2D eigenvalue weighted by atomic mass is 9.87. The van der Waals surface area contributed by atoms with Crippen molar-refractivity contribution in [3.63, 3.8) is 0 Å². The molecule has 0 spiro atoms. The van der Waals surface area contributed by atoms with Crippen molar-refractivity contribution >= 4 is 39.0 Å². The molecular formula is C24H29N3O4S2. The van der Waals surface area contributed by atoms with E-state index >= 15 is 0 Å². The first-order valence-electron chi connectivity index (χ1n) is 10.4. The SMILES string of the molecule is COC(=O)C1=C(C)N(C)C(=S)N[C@@H]1c1ccc(NS(=O)(=O)c2ccc(C(C)(C)C)cc2)cc1. The first kappa shape index (κ1) is 24.7. The molecule has 0 unspecified atom stereocenters. The Hall–Kier alpha value is -2.91. The average molecular weight is 488 g/mol. The number of rotatable bonds is 5. The monoisotopic (exact) mass is 487 g/mol. The molecule has 176 valence electrons. The highest BCUT2D eigenvalue weighted by molar-refractivity contribution is 7.92. The zero-order valence-electron chi connectivity index (χ0n) is 19.6. The normalized spacial score (nSPS) is 17.0. The van der Waals surface area contributed by atoms with Crippen LogP contribution in [-0.4, -0.2) is 38.6 Å². The Morgan fingerprint density at radius 2 is 1.67 bits per heavy atom. The van der Waals surface area contributed by atoms with Crippen molar-refractivity contribution in [3.05, 3.63) is 70.9 Å². The first-order valence-corrected chi connectivity index (χ1v) is 12.3. The van der Waals surface area contributed by atoms with E-state index in [4.69, 9.17) is 17.0 Å². The number of hydrogen-bond donors (Lipinski definition) is 2. The summed E-state index contributed by atoms with van der Waals surface area (Å²) in [6.07, 6.45) is 0. The number of carbonyl (C=O) groups excluding carboxylic acids is 1. The van der Waals surface area contributed by atoms with E-state index in [1.165, 1.54) is 7.11 Å². The van der Waals surface area contributed by atoms with Gasteiger partial charge in [-0.2, -0.15) is 0 Å². The molecule has 0 aliphatic carbocycles. The van der Waals surface area contributed by atoms with Crippen molar-refractivity contribution in [2.45, 2.75) is 44.0 Å². The Kier molecular flexibility index (Phi) is 6.85. The number of esters is 1. The number of benzene rings is 2. The summed E-state index contributed by atoms with van der Waals surface area (Å²) in [6, 6.07) is 13.2. The van der Waals surface area contributed by atoms with Gasteiger partial charge in [-0.25, -0.2) is 13.2 Å². The fourth-order valence-corrected chi connectivity index (χ4v) is 4.87. The van der Waals surface area contributed by atoms with Gasteiger partial charge in [-0.15, -0.1) is 0 Å². The van der Waals surface area contributed by atoms with Gasteiger partial charge in [0.1, 0.15) is 0 Å². The van der Waals surface area contributed by atoms with Crippen LogP contribution in [0.5, 0.6) is 0 Å². The first-order chi connectivity index (χ1) is 15.3. The van der Waals surface area contributed by atoms with Crippen molar-refractivity contribution in [3.8, 4) is 0 Å². The number of hydrogen-bond acceptors (Lipinski definition) is 5. The van der Waals surface area contributed by atoms with Crippen LogP contribution in [0.3, 0.4) is 0 Å². The van der Waals surface area contributed by atoms with Crippen molar-refractivity contribution in [2.24, 2.45) is 0 Å². The highest BCUT2D eigenvalue weighted by atomic mass is 32.2. The summed E-state index contributed by atoms with van der Waals surface area (Å²) in [6.45, 7) is 8.03. The van der Waals surface area contributed by atoms with Gasteiger partial charge in [-0.05, 0) is 59.9 Å². The Labute approximate surface area is 200 Å². The van der Waals surface area contributed by atoms with Crippen molar-refractivity contribution in [1.29, 1.82) is 0 Å². The van der Waals surface area contributed by atoms with Crippen molar-refractivity contribution < 1.29 is 17.9 Å². The summed E-state index contributed by atoms with van der Waals surface area (Å²) < 4.78 is 33.2. The maximum Gasteiger partial charge on any atom is 0.337 e. The van der Waals surface area contributed by atoms with Gasteiger partial charge in [0.15, 0.2) is 5.11 Å². The number of sulfonamides is 1. The lowest BCUT2D eigenvalue weighted by molar-refractivity contribution is -0.136. The van der Waals surface area contributed by atoms with E-state index in [-0.39, 0.29) is 10.3 Å². The van der Waals surface area contributed by atoms with Gasteiger partial charge in [0.25, 0.3) is 10.0 Å². The largest absolute Gasteiger partial charge is 0.466 e. The van der Waals surface area contributed by atoms with Crippen LogP contribution in [0.25, 0.3) is 0 Å². The molecule has 2 aromatic rings. The Bertz CT molecular complexity index is 1200. The molecule has 3 rings (SSSR count). The second kappa shape index (κ2) is 9.15. The molecule has 0 aromatic heterocycles. The average Bonchev–Trinajstić information content (AvgIpc) is 2.76. The van der Waals surface area contributed by atoms with E-state index in [2.05, 4.69) is 30.8 Å². The number of carbonyl (C=O) groups is 1. The molecular weight excluding hydrogens is 458 g/mol. The number of allylic oxidation sites excluding steroid dienone is 1. The van der Waals surface area contributed by atoms with Crippen LogP contribution >= 0.6 is 12.2 Å². The quantitative estimate of drug-likeness (QED) is 0.485. The zero-order valence-corrected chi connectivity index (χ0v) is 21.2. The van der Waals surface area contributed by atoms with Gasteiger partial charge in [-0.1, -0.05) is 45.0 Å². The molecule has 0 saturated carbocycles. The van der Waals surface area contributed by atoms with Crippen molar-refractivity contribution in [1.82, 2.24) is 10.2 Å². The minimum absolute atomic E-state index is 0.0638. The predicted octanol–water partition coefficient (Wildman–Crippen LogP) is 4.09. The lowest BCUT2D eigenvalue weighted by Gasteiger charge is -2.35. The summed E-state index contributed by atoms with van der Waals surface area (Å²) in [4.78, 5) is 14.3. The third kappa shape index (κ3) is 5.20. The molecule has 33 heavy (non-hydrogen) atoms. The smallest absolute Gasteiger partial charge is 0.337 e. The molecule has 1 atom stereocenters. The van der Waals surface area contributed by atoms with Gasteiger partial charge >= 0.3 is 5.97 Å². The topological polar surface area (TPSA) is 87.7 Å². The Morgan fingerprint density at radius 3 is 2.18 bits per heavy atom. The standard InChI is InChI=1S/C24H29N3O4S2/c1-15-20(22(28)31-6)21(25-23(32)27(15)5)16-7-11-18(12-8-16)26-33(29,30)19-13-9-17(10-14-19)24(2,3)4/h7-14,21,26H,1-6H3,(H,25,32)/t21-/m1/s1. The Balaban J connectivity index is 1.85. The highest BCUT2D eigenvalue weighted by Gasteiger charge is 2.33. The lowest BCUT2D eigenvalue weighted by Crippen LogP contribution is -2.46. The molecule has 1 aliphatic rings. The van der Waals surface area contributed by atoms with Crippen molar-refractivity contribution in [2.75, 3.05) is 18.9 Å². The summed E-state index contributed by atoms with van der Waals surface area (Å²) in [5.41, 5.74) is 3.29. The third-order valence-electron chi connectivity index (χ3n) is 5.69. The second-order valence-electron chi connectivity index (χ2n) is 8.93. The van der Waals surface area contributed by atoms with Gasteiger partial charge in [0, 0.05) is 18.4 Å². The fraction of sp³-hybridized carbons (Fsp3) is 0.333. The van der Waals surface area contributed by atoms with Crippen LogP contribution in [0.2, 0.25) is 0 Å². The summed E-state index contributed by atoms with van der Waals surface area (Å²) in [5.74, 6) is -0.456. The number of methoxy groups -OCH3 is 1. The molecule has 9 heteroatoms. The maximum atomic E-state index is 12.8. The van der Waals surface area contributed by atoms with E-state index in [0.717, 1.165) is 11.1 Å². The van der Waals surface area contributed by atoms with Crippen LogP contribution in [0.15, 0.2) is 64.7 Å². The van der Waals surface area contributed by atoms with Crippen LogP contribution < -0.4 is 10.0 Å². The number of nitrogens with zero attached hydrogens (tertiary/aromatic N) is 1. The van der Waals surface area contributed by atoms with E-state index in [1.54, 1.807) is 55.3 Å². The second-order valence-corrected chi connectivity index (χ2v) is 11.0. The number of nitrogens with one attached hydrogen (secondary N) is 2. The van der Waals surface area contributed by atoms with Crippen LogP contribution in [0, 0.1) is 0 Å². The van der Waals surface area contributed by atoms with Crippen LogP contribution in [-0.2, 0) is 25.0 Å². The maximum absolute atomic E-state index is 12.8. The third-order valence-corrected chi connectivity index (χ3v) is 7.48.